The second-order valence-electron chi connectivity index (χ2n) is 12.2. The number of rotatable bonds is 0. The number of nitrogens with zero attached hydrogens (tertiary/aromatic N) is 4. The molecule has 12 heteroatoms. The molecule has 0 atom stereocenters. The lowest BCUT2D eigenvalue weighted by Gasteiger charge is -2.27. The summed E-state index contributed by atoms with van der Waals surface area (Å²) >= 11 is 0. The molecular weight excluding hydrogens is 652 g/mol. The van der Waals surface area contributed by atoms with Gasteiger partial charge in [-0.15, -0.1) is 10.2 Å². The molecule has 51 heavy (non-hydrogen) atoms. The van der Waals surface area contributed by atoms with Crippen molar-refractivity contribution < 1.29 is 37.9 Å². The molecule has 0 saturated heterocycles. The fourth-order valence-electron chi connectivity index (χ4n) is 5.32. The van der Waals surface area contributed by atoms with Gasteiger partial charge in [0.1, 0.15) is 60.8 Å². The summed E-state index contributed by atoms with van der Waals surface area (Å²) in [6.07, 6.45) is 0. The van der Waals surface area contributed by atoms with Crippen molar-refractivity contribution in [3.63, 3.8) is 0 Å². The van der Waals surface area contributed by atoms with E-state index in [0.717, 1.165) is 22.6 Å². The van der Waals surface area contributed by atoms with Gasteiger partial charge in [0.25, 0.3) is 0 Å². The lowest BCUT2D eigenvalue weighted by atomic mass is 9.78. The summed E-state index contributed by atoms with van der Waals surface area (Å²) in [4.78, 5) is 0. The summed E-state index contributed by atoms with van der Waals surface area (Å²) in [6, 6.07) is 26.9. The van der Waals surface area contributed by atoms with Crippen LogP contribution >= 0.6 is 0 Å². The quantitative estimate of drug-likeness (QED) is 0.179. The van der Waals surface area contributed by atoms with Crippen LogP contribution in [0.2, 0.25) is 0 Å². The topological polar surface area (TPSA) is 123 Å². The Morgan fingerprint density at radius 2 is 0.745 bits per heavy atom. The van der Waals surface area contributed by atoms with Crippen molar-refractivity contribution in [3.05, 3.63) is 96.1 Å². The summed E-state index contributed by atoms with van der Waals surface area (Å²) in [6.45, 7) is 9.22. The van der Waals surface area contributed by atoms with Crippen LogP contribution in [0.25, 0.3) is 0 Å². The maximum absolute atomic E-state index is 6.15. The molecule has 8 heterocycles. The zero-order valence-corrected chi connectivity index (χ0v) is 29.1. The predicted molar refractivity (Wildman–Crippen MR) is 192 cm³/mol. The Kier molecular flexibility index (Phi) is 13.0. The standard InChI is InChI=1S/C39H44N4O8/c1-39(2)29-3-13-37-35(27-29)42-40-31-5-9-33(10-6-31)48-24-20-45-16-18-47-22-26-51-38-14-4-30(39)28-36(38)43-41-32-7-11-34(12-8-32)49-23-19-44-15-17-46-21-25-50-37/h3-14,27-28H,15-26H2,1-2H3. The molecule has 0 radical (unpaired) electrons. The molecular formula is C39H44N4O8. The van der Waals surface area contributed by atoms with Gasteiger partial charge < -0.3 is 37.9 Å². The monoisotopic (exact) mass is 696 g/mol. The van der Waals surface area contributed by atoms with Gasteiger partial charge in [-0.1, -0.05) is 26.0 Å². The highest BCUT2D eigenvalue weighted by Gasteiger charge is 2.26. The van der Waals surface area contributed by atoms with Crippen molar-refractivity contribution in [2.75, 3.05) is 79.3 Å². The van der Waals surface area contributed by atoms with Crippen molar-refractivity contribution in [2.45, 2.75) is 19.3 Å². The highest BCUT2D eigenvalue weighted by Crippen LogP contribution is 2.41. The van der Waals surface area contributed by atoms with Crippen molar-refractivity contribution in [2.24, 2.45) is 20.5 Å². The van der Waals surface area contributed by atoms with Gasteiger partial charge in [-0.25, -0.2) is 0 Å². The minimum absolute atomic E-state index is 0.334. The van der Waals surface area contributed by atoms with E-state index < -0.39 is 5.41 Å². The zero-order valence-electron chi connectivity index (χ0n) is 29.1. The Labute approximate surface area is 298 Å². The molecule has 10 bridgehead atoms. The molecule has 0 aromatic heterocycles. The molecule has 268 valence electrons. The second kappa shape index (κ2) is 18.4. The van der Waals surface area contributed by atoms with E-state index >= 15 is 0 Å². The molecule has 12 rings (SSSR count). The van der Waals surface area contributed by atoms with E-state index in [0.29, 0.717) is 114 Å². The lowest BCUT2D eigenvalue weighted by molar-refractivity contribution is 0.0274. The van der Waals surface area contributed by atoms with Crippen LogP contribution in [0.4, 0.5) is 22.7 Å². The van der Waals surface area contributed by atoms with E-state index in [4.69, 9.17) is 37.9 Å². The average Bonchev–Trinajstić information content (AvgIpc) is 3.15. The van der Waals surface area contributed by atoms with Crippen LogP contribution in [-0.2, 0) is 24.4 Å². The summed E-state index contributed by atoms with van der Waals surface area (Å²) in [5.74, 6) is 2.63. The smallest absolute Gasteiger partial charge is 0.146 e. The van der Waals surface area contributed by atoms with E-state index in [1.165, 1.54) is 0 Å². The Morgan fingerprint density at radius 3 is 1.14 bits per heavy atom. The molecule has 0 fully saturated rings. The van der Waals surface area contributed by atoms with Gasteiger partial charge in [0, 0.05) is 5.41 Å². The molecule has 4 aromatic carbocycles. The average molecular weight is 697 g/mol. The third kappa shape index (κ3) is 10.6. The first-order valence-electron chi connectivity index (χ1n) is 17.2. The van der Waals surface area contributed by atoms with Gasteiger partial charge in [0.2, 0.25) is 0 Å². The summed E-state index contributed by atoms with van der Waals surface area (Å²) < 4.78 is 46.8. The Bertz CT molecular complexity index is 1620. The molecule has 0 spiro atoms. The van der Waals surface area contributed by atoms with Crippen LogP contribution in [-0.4, -0.2) is 79.3 Å². The molecule has 0 aliphatic carbocycles. The highest BCUT2D eigenvalue weighted by atomic mass is 16.6. The number of benzene rings is 4. The lowest BCUT2D eigenvalue weighted by Crippen LogP contribution is -2.19. The molecule has 0 unspecified atom stereocenters. The van der Waals surface area contributed by atoms with Crippen LogP contribution in [0.3, 0.4) is 0 Å². The molecule has 8 aliphatic heterocycles. The molecule has 12 nitrogen and oxygen atoms in total. The molecule has 0 amide bonds. The molecule has 4 aromatic rings. The van der Waals surface area contributed by atoms with Crippen LogP contribution in [0.5, 0.6) is 23.0 Å². The van der Waals surface area contributed by atoms with E-state index in [1.807, 2.05) is 84.9 Å². The van der Waals surface area contributed by atoms with Crippen LogP contribution in [0.15, 0.2) is 105 Å². The van der Waals surface area contributed by atoms with Gasteiger partial charge in [-0.2, -0.15) is 10.2 Å². The largest absolute Gasteiger partial charge is 0.491 e. The Balaban J connectivity index is 1.37. The van der Waals surface area contributed by atoms with Gasteiger partial charge in [0.15, 0.2) is 0 Å². The summed E-state index contributed by atoms with van der Waals surface area (Å²) in [5, 5.41) is 18.4. The van der Waals surface area contributed by atoms with E-state index in [9.17, 15) is 0 Å². The minimum atomic E-state index is -0.475. The number of azo groups is 2. The maximum Gasteiger partial charge on any atom is 0.146 e. The zero-order chi connectivity index (χ0) is 35.1. The van der Waals surface area contributed by atoms with Crippen molar-refractivity contribution in [1.82, 2.24) is 0 Å². The third-order valence-corrected chi connectivity index (χ3v) is 8.29. The normalized spacial score (nSPS) is 17.8. The van der Waals surface area contributed by atoms with Crippen LogP contribution < -0.4 is 18.9 Å². The first-order valence-corrected chi connectivity index (χ1v) is 17.2. The first kappa shape index (κ1) is 35.9. The predicted octanol–water partition coefficient (Wildman–Crippen LogP) is 8.45. The van der Waals surface area contributed by atoms with Gasteiger partial charge in [0.05, 0.1) is 64.2 Å². The van der Waals surface area contributed by atoms with Gasteiger partial charge in [-0.05, 0) is 83.9 Å². The number of hydrogen-bond acceptors (Lipinski definition) is 12. The van der Waals surface area contributed by atoms with Crippen molar-refractivity contribution in [3.8, 4) is 23.0 Å². The van der Waals surface area contributed by atoms with Crippen LogP contribution in [0, 0.1) is 0 Å². The van der Waals surface area contributed by atoms with E-state index in [2.05, 4.69) is 34.3 Å². The van der Waals surface area contributed by atoms with Crippen LogP contribution in [0.1, 0.15) is 25.0 Å². The fraction of sp³-hybridized carbons (Fsp3) is 0.385. The number of hydrogen-bond donors (Lipinski definition) is 0. The van der Waals surface area contributed by atoms with Crippen molar-refractivity contribution in [1.29, 1.82) is 0 Å². The second-order valence-corrected chi connectivity index (χ2v) is 12.2. The molecule has 8 aliphatic rings. The maximum atomic E-state index is 6.15. The summed E-state index contributed by atoms with van der Waals surface area (Å²) in [7, 11) is 0. The minimum Gasteiger partial charge on any atom is -0.491 e. The molecule has 0 saturated carbocycles. The van der Waals surface area contributed by atoms with Crippen molar-refractivity contribution >= 4 is 22.7 Å². The fourth-order valence-corrected chi connectivity index (χ4v) is 5.32. The number of ether oxygens (including phenoxy) is 8. The Hall–Kier alpha value is -4.88. The van der Waals surface area contributed by atoms with Gasteiger partial charge >= 0.3 is 0 Å². The molecule has 0 N–H and O–H groups in total. The first-order chi connectivity index (χ1) is 25.0. The third-order valence-electron chi connectivity index (χ3n) is 8.29. The Morgan fingerprint density at radius 1 is 0.392 bits per heavy atom. The van der Waals surface area contributed by atoms with E-state index in [-0.39, 0.29) is 0 Å². The summed E-state index contributed by atoms with van der Waals surface area (Å²) in [5.41, 5.74) is 4.07. The van der Waals surface area contributed by atoms with Gasteiger partial charge in [-0.3, -0.25) is 0 Å². The van der Waals surface area contributed by atoms with E-state index in [1.54, 1.807) is 0 Å². The SMILES string of the molecule is CC1(C)c2ccc3c(c2)N=Nc2ccc(cc2)OCCOCCOCCOc2ccc1cc2N=Nc1ccc(cc1)OCCOCCOCCO3. The highest BCUT2D eigenvalue weighted by molar-refractivity contribution is 5.60.